The first kappa shape index (κ1) is 12.6. The molecule has 0 unspecified atom stereocenters. The topological polar surface area (TPSA) is 38.0 Å². The van der Waals surface area contributed by atoms with Crippen LogP contribution in [0.1, 0.15) is 11.3 Å². The number of aromatic nitrogens is 2. The van der Waals surface area contributed by atoms with Gasteiger partial charge in [-0.15, -0.1) is 0 Å². The molecule has 2 aromatic carbocycles. The van der Waals surface area contributed by atoms with Crippen LogP contribution >= 0.6 is 0 Å². The van der Waals surface area contributed by atoms with Gasteiger partial charge in [-0.25, -0.2) is 0 Å². The molecule has 0 saturated carbocycles. The number of nitrogens with zero attached hydrogens (tertiary/aromatic N) is 2. The van der Waals surface area contributed by atoms with Crippen molar-refractivity contribution >= 4 is 0 Å². The molecule has 0 saturated heterocycles. The van der Waals surface area contributed by atoms with Crippen molar-refractivity contribution in [1.82, 2.24) is 9.78 Å². The van der Waals surface area contributed by atoms with Crippen LogP contribution < -0.4 is 0 Å². The minimum absolute atomic E-state index is 0.0401. The first-order valence-electron chi connectivity index (χ1n) is 6.64. The van der Waals surface area contributed by atoms with Crippen LogP contribution in [0.25, 0.3) is 11.3 Å². The lowest BCUT2D eigenvalue weighted by Gasteiger charge is -2.07. The number of hydrogen-bond acceptors (Lipinski definition) is 2. The molecule has 0 aliphatic rings. The number of aliphatic hydroxyl groups excluding tert-OH is 1. The molecule has 0 bridgehead atoms. The van der Waals surface area contributed by atoms with Crippen LogP contribution in [0.15, 0.2) is 66.7 Å². The Kier molecular flexibility index (Phi) is 3.61. The van der Waals surface area contributed by atoms with E-state index in [1.807, 2.05) is 47.1 Å². The van der Waals surface area contributed by atoms with E-state index < -0.39 is 0 Å². The fourth-order valence-electron chi connectivity index (χ4n) is 2.27. The van der Waals surface area contributed by atoms with E-state index in [0.29, 0.717) is 12.2 Å². The fraction of sp³-hybridized carbons (Fsp3) is 0.118. The van der Waals surface area contributed by atoms with Crippen molar-refractivity contribution in [3.8, 4) is 11.3 Å². The third-order valence-electron chi connectivity index (χ3n) is 3.24. The summed E-state index contributed by atoms with van der Waals surface area (Å²) in [6.07, 6.45) is 0. The smallest absolute Gasteiger partial charge is 0.0885 e. The van der Waals surface area contributed by atoms with Gasteiger partial charge in [-0.1, -0.05) is 60.7 Å². The Morgan fingerprint density at radius 3 is 2.20 bits per heavy atom. The summed E-state index contributed by atoms with van der Waals surface area (Å²) in [6.45, 7) is 0.659. The largest absolute Gasteiger partial charge is 0.390 e. The van der Waals surface area contributed by atoms with E-state index in [1.54, 1.807) is 0 Å². The number of rotatable bonds is 4. The first-order valence-corrected chi connectivity index (χ1v) is 6.64. The van der Waals surface area contributed by atoms with Gasteiger partial charge in [0.1, 0.15) is 0 Å². The van der Waals surface area contributed by atoms with Crippen molar-refractivity contribution in [2.24, 2.45) is 0 Å². The highest BCUT2D eigenvalue weighted by molar-refractivity contribution is 5.60. The van der Waals surface area contributed by atoms with Crippen LogP contribution in [0.3, 0.4) is 0 Å². The quantitative estimate of drug-likeness (QED) is 0.786. The van der Waals surface area contributed by atoms with E-state index in [0.717, 1.165) is 11.3 Å². The van der Waals surface area contributed by atoms with Gasteiger partial charge in [0.15, 0.2) is 0 Å². The Bertz CT molecular complexity index is 675. The summed E-state index contributed by atoms with van der Waals surface area (Å²) in [5.74, 6) is 0. The molecule has 3 rings (SSSR count). The predicted octanol–water partition coefficient (Wildman–Crippen LogP) is 3.09. The average Bonchev–Trinajstić information content (AvgIpc) is 2.92. The molecule has 100 valence electrons. The van der Waals surface area contributed by atoms with E-state index in [2.05, 4.69) is 29.4 Å². The molecule has 20 heavy (non-hydrogen) atoms. The van der Waals surface area contributed by atoms with E-state index in [4.69, 9.17) is 0 Å². The predicted molar refractivity (Wildman–Crippen MR) is 79.1 cm³/mol. The van der Waals surface area contributed by atoms with Crippen molar-refractivity contribution < 1.29 is 5.11 Å². The van der Waals surface area contributed by atoms with Gasteiger partial charge in [0, 0.05) is 0 Å². The van der Waals surface area contributed by atoms with Gasteiger partial charge in [0.25, 0.3) is 0 Å². The molecular formula is C17H16N2O. The Balaban J connectivity index is 2.00. The lowest BCUT2D eigenvalue weighted by atomic mass is 10.1. The summed E-state index contributed by atoms with van der Waals surface area (Å²) in [5, 5.41) is 13.8. The van der Waals surface area contributed by atoms with Gasteiger partial charge < -0.3 is 5.11 Å². The van der Waals surface area contributed by atoms with Gasteiger partial charge in [0.05, 0.1) is 24.5 Å². The second-order valence-electron chi connectivity index (χ2n) is 4.69. The van der Waals surface area contributed by atoms with Gasteiger partial charge in [-0.05, 0) is 17.2 Å². The van der Waals surface area contributed by atoms with Crippen molar-refractivity contribution in [1.29, 1.82) is 0 Å². The Morgan fingerprint density at radius 1 is 0.900 bits per heavy atom. The van der Waals surface area contributed by atoms with Crippen molar-refractivity contribution in [2.75, 3.05) is 0 Å². The molecule has 1 aromatic heterocycles. The van der Waals surface area contributed by atoms with Gasteiger partial charge >= 0.3 is 0 Å². The molecule has 3 aromatic rings. The second-order valence-corrected chi connectivity index (χ2v) is 4.69. The zero-order valence-electron chi connectivity index (χ0n) is 11.1. The lowest BCUT2D eigenvalue weighted by Crippen LogP contribution is -2.04. The minimum atomic E-state index is -0.0401. The maximum absolute atomic E-state index is 9.31. The second kappa shape index (κ2) is 5.72. The zero-order chi connectivity index (χ0) is 13.8. The van der Waals surface area contributed by atoms with Crippen molar-refractivity contribution in [3.05, 3.63) is 78.0 Å². The van der Waals surface area contributed by atoms with Crippen LogP contribution in [0.5, 0.6) is 0 Å². The number of benzene rings is 2. The molecule has 3 heteroatoms. The van der Waals surface area contributed by atoms with Crippen LogP contribution in [-0.2, 0) is 13.2 Å². The van der Waals surface area contributed by atoms with Gasteiger partial charge in [-0.2, -0.15) is 5.10 Å². The molecule has 0 amide bonds. The van der Waals surface area contributed by atoms with Crippen LogP contribution in [0, 0.1) is 0 Å². The average molecular weight is 264 g/mol. The molecule has 0 aliphatic carbocycles. The number of hydrogen-bond donors (Lipinski definition) is 1. The van der Waals surface area contributed by atoms with Gasteiger partial charge in [0.2, 0.25) is 0 Å². The van der Waals surface area contributed by atoms with Gasteiger partial charge in [-0.3, -0.25) is 4.68 Å². The SMILES string of the molecule is OCc1cc(-c2ccccc2)n(Cc2ccccc2)n1. The molecule has 3 nitrogen and oxygen atoms in total. The van der Waals surface area contributed by atoms with Crippen LogP contribution in [0.2, 0.25) is 0 Å². The molecule has 1 heterocycles. The first-order chi connectivity index (χ1) is 9.86. The molecule has 1 N–H and O–H groups in total. The van der Waals surface area contributed by atoms with Crippen molar-refractivity contribution in [2.45, 2.75) is 13.2 Å². The Hall–Kier alpha value is -2.39. The highest BCUT2D eigenvalue weighted by Crippen LogP contribution is 2.21. The van der Waals surface area contributed by atoms with Crippen LogP contribution in [-0.4, -0.2) is 14.9 Å². The van der Waals surface area contributed by atoms with E-state index in [1.165, 1.54) is 5.56 Å². The maximum Gasteiger partial charge on any atom is 0.0885 e. The summed E-state index contributed by atoms with van der Waals surface area (Å²) < 4.78 is 1.94. The maximum atomic E-state index is 9.31. The summed E-state index contributed by atoms with van der Waals surface area (Å²) >= 11 is 0. The normalized spacial score (nSPS) is 10.7. The molecule has 0 fully saturated rings. The highest BCUT2D eigenvalue weighted by atomic mass is 16.3. The summed E-state index contributed by atoms with van der Waals surface area (Å²) in [6, 6.07) is 22.3. The van der Waals surface area contributed by atoms with E-state index in [9.17, 15) is 5.11 Å². The molecule has 0 atom stereocenters. The summed E-state index contributed by atoms with van der Waals surface area (Å²) in [5.41, 5.74) is 4.02. The van der Waals surface area contributed by atoms with Crippen molar-refractivity contribution in [3.63, 3.8) is 0 Å². The highest BCUT2D eigenvalue weighted by Gasteiger charge is 2.09. The summed E-state index contributed by atoms with van der Waals surface area (Å²) in [4.78, 5) is 0. The van der Waals surface area contributed by atoms with E-state index in [-0.39, 0.29) is 6.61 Å². The van der Waals surface area contributed by atoms with E-state index >= 15 is 0 Å². The number of aliphatic hydroxyl groups is 1. The fourth-order valence-corrected chi connectivity index (χ4v) is 2.27. The Labute approximate surface area is 118 Å². The third-order valence-corrected chi connectivity index (χ3v) is 3.24. The monoisotopic (exact) mass is 264 g/mol. The molecular weight excluding hydrogens is 248 g/mol. The molecule has 0 aliphatic heterocycles. The zero-order valence-corrected chi connectivity index (χ0v) is 11.1. The molecule has 0 radical (unpaired) electrons. The third kappa shape index (κ3) is 2.63. The Morgan fingerprint density at radius 2 is 1.55 bits per heavy atom. The lowest BCUT2D eigenvalue weighted by molar-refractivity contribution is 0.275. The standard InChI is InChI=1S/C17H16N2O/c20-13-16-11-17(15-9-5-2-6-10-15)19(18-16)12-14-7-3-1-4-8-14/h1-11,20H,12-13H2. The minimum Gasteiger partial charge on any atom is -0.390 e. The van der Waals surface area contributed by atoms with Crippen LogP contribution in [0.4, 0.5) is 0 Å². The molecule has 0 spiro atoms. The summed E-state index contributed by atoms with van der Waals surface area (Å²) in [7, 11) is 0.